The number of carbonyl (C=O) groups excluding carboxylic acids is 2. The lowest BCUT2D eigenvalue weighted by molar-refractivity contribution is -0.137. The molecule has 4 fully saturated rings. The van der Waals surface area contributed by atoms with Gasteiger partial charge in [0.25, 0.3) is 5.91 Å². The molecule has 6 heteroatoms. The predicted octanol–water partition coefficient (Wildman–Crippen LogP) is 1.89. The summed E-state index contributed by atoms with van der Waals surface area (Å²) in [7, 11) is 0. The van der Waals surface area contributed by atoms with E-state index in [-0.39, 0.29) is 18.0 Å². The minimum absolute atomic E-state index is 0.0393. The number of likely N-dealkylation sites (tertiary alicyclic amines) is 3. The molecule has 0 radical (unpaired) electrons. The van der Waals surface area contributed by atoms with Crippen LogP contribution < -0.4 is 0 Å². The van der Waals surface area contributed by atoms with Gasteiger partial charge in [-0.3, -0.25) is 14.5 Å². The first kappa shape index (κ1) is 16.4. The van der Waals surface area contributed by atoms with Crippen LogP contribution in [0.3, 0.4) is 0 Å². The number of rotatable bonds is 3. The van der Waals surface area contributed by atoms with E-state index in [2.05, 4.69) is 9.80 Å². The SMILES string of the molecule is Cc1ccc(C(=O)N2CC3CC(C2)N(C(=O)C2CCCN2C2CC2)C3)o1. The maximum absolute atomic E-state index is 13.2. The number of hydrogen-bond acceptors (Lipinski definition) is 4. The highest BCUT2D eigenvalue weighted by Crippen LogP contribution is 2.37. The Bertz CT molecular complexity index is 726. The van der Waals surface area contributed by atoms with E-state index < -0.39 is 0 Å². The molecule has 140 valence electrons. The zero-order chi connectivity index (χ0) is 17.8. The molecule has 4 aliphatic rings. The predicted molar refractivity (Wildman–Crippen MR) is 95.7 cm³/mol. The topological polar surface area (TPSA) is 57.0 Å². The second-order valence-corrected chi connectivity index (χ2v) is 8.49. The molecular formula is C20H27N3O3. The van der Waals surface area contributed by atoms with Crippen LogP contribution in [0.25, 0.3) is 0 Å². The average Bonchev–Trinajstić information content (AvgIpc) is 3.07. The number of aryl methyl sites for hydroxylation is 1. The van der Waals surface area contributed by atoms with Crippen molar-refractivity contribution in [1.82, 2.24) is 14.7 Å². The first-order chi connectivity index (χ1) is 12.6. The molecule has 0 N–H and O–H groups in total. The Morgan fingerprint density at radius 2 is 1.92 bits per heavy atom. The van der Waals surface area contributed by atoms with Crippen molar-refractivity contribution < 1.29 is 14.0 Å². The van der Waals surface area contributed by atoms with Crippen molar-refractivity contribution in [3.05, 3.63) is 23.7 Å². The van der Waals surface area contributed by atoms with Crippen molar-refractivity contribution in [2.45, 2.75) is 57.2 Å². The summed E-state index contributed by atoms with van der Waals surface area (Å²) >= 11 is 0. The molecule has 5 rings (SSSR count). The Balaban J connectivity index is 1.28. The fourth-order valence-electron chi connectivity index (χ4n) is 5.19. The van der Waals surface area contributed by atoms with Crippen LogP contribution in [-0.4, -0.2) is 70.8 Å². The molecule has 1 aromatic heterocycles. The minimum atomic E-state index is -0.0393. The number of carbonyl (C=O) groups is 2. The summed E-state index contributed by atoms with van der Waals surface area (Å²) in [5, 5.41) is 0. The maximum Gasteiger partial charge on any atom is 0.289 e. The van der Waals surface area contributed by atoms with E-state index in [0.29, 0.717) is 30.2 Å². The summed E-state index contributed by atoms with van der Waals surface area (Å²) in [6.07, 6.45) is 5.67. The molecule has 3 atom stereocenters. The van der Waals surface area contributed by atoms with Gasteiger partial charge in [0.05, 0.1) is 6.04 Å². The zero-order valence-corrected chi connectivity index (χ0v) is 15.4. The highest BCUT2D eigenvalue weighted by molar-refractivity contribution is 5.92. The fourth-order valence-corrected chi connectivity index (χ4v) is 5.19. The van der Waals surface area contributed by atoms with Gasteiger partial charge in [0.15, 0.2) is 5.76 Å². The summed E-state index contributed by atoms with van der Waals surface area (Å²) in [6, 6.07) is 4.48. The third-order valence-electron chi connectivity index (χ3n) is 6.53. The van der Waals surface area contributed by atoms with E-state index in [0.717, 1.165) is 44.7 Å². The van der Waals surface area contributed by atoms with Gasteiger partial charge in [-0.1, -0.05) is 0 Å². The molecule has 1 aliphatic carbocycles. The Morgan fingerprint density at radius 1 is 1.08 bits per heavy atom. The van der Waals surface area contributed by atoms with Crippen LogP contribution in [0, 0.1) is 12.8 Å². The second kappa shape index (κ2) is 6.12. The molecule has 2 amide bonds. The van der Waals surface area contributed by atoms with Crippen molar-refractivity contribution in [1.29, 1.82) is 0 Å². The van der Waals surface area contributed by atoms with Crippen LogP contribution in [0.5, 0.6) is 0 Å². The Morgan fingerprint density at radius 3 is 2.65 bits per heavy atom. The molecule has 0 spiro atoms. The zero-order valence-electron chi connectivity index (χ0n) is 15.4. The maximum atomic E-state index is 13.2. The second-order valence-electron chi connectivity index (χ2n) is 8.49. The molecule has 6 nitrogen and oxygen atoms in total. The van der Waals surface area contributed by atoms with Gasteiger partial charge in [0.2, 0.25) is 5.91 Å². The first-order valence-electron chi connectivity index (χ1n) is 10.0. The lowest BCUT2D eigenvalue weighted by atomic mass is 10.00. The molecule has 1 saturated carbocycles. The monoisotopic (exact) mass is 357 g/mol. The van der Waals surface area contributed by atoms with Crippen molar-refractivity contribution in [2.75, 3.05) is 26.2 Å². The smallest absolute Gasteiger partial charge is 0.289 e. The molecule has 1 aromatic rings. The number of nitrogens with zero attached hydrogens (tertiary/aromatic N) is 3. The molecular weight excluding hydrogens is 330 g/mol. The van der Waals surface area contributed by atoms with Crippen molar-refractivity contribution in [3.63, 3.8) is 0 Å². The van der Waals surface area contributed by atoms with Gasteiger partial charge in [-0.05, 0) is 63.6 Å². The highest BCUT2D eigenvalue weighted by atomic mass is 16.3. The summed E-state index contributed by atoms with van der Waals surface area (Å²) < 4.78 is 5.51. The third kappa shape index (κ3) is 2.75. The number of amides is 2. The molecule has 3 aliphatic heterocycles. The molecule has 3 saturated heterocycles. The first-order valence-corrected chi connectivity index (χ1v) is 10.0. The number of furan rings is 1. The minimum Gasteiger partial charge on any atom is -0.456 e. The quantitative estimate of drug-likeness (QED) is 0.829. The van der Waals surface area contributed by atoms with Crippen LogP contribution in [0.15, 0.2) is 16.5 Å². The molecule has 3 unspecified atom stereocenters. The number of hydrogen-bond donors (Lipinski definition) is 0. The van der Waals surface area contributed by atoms with Gasteiger partial charge in [0.1, 0.15) is 5.76 Å². The number of fused-ring (bicyclic) bond motifs is 2. The van der Waals surface area contributed by atoms with E-state index in [1.807, 2.05) is 17.9 Å². The van der Waals surface area contributed by atoms with Gasteiger partial charge in [-0.15, -0.1) is 0 Å². The molecule has 26 heavy (non-hydrogen) atoms. The molecule has 0 aromatic carbocycles. The summed E-state index contributed by atoms with van der Waals surface area (Å²) in [6.45, 7) is 5.10. The van der Waals surface area contributed by atoms with Gasteiger partial charge >= 0.3 is 0 Å². The van der Waals surface area contributed by atoms with Crippen LogP contribution in [0.2, 0.25) is 0 Å². The normalized spacial score (nSPS) is 31.7. The van der Waals surface area contributed by atoms with Crippen molar-refractivity contribution in [2.24, 2.45) is 5.92 Å². The Hall–Kier alpha value is -1.82. The Kier molecular flexibility index (Phi) is 3.85. The average molecular weight is 357 g/mol. The van der Waals surface area contributed by atoms with Gasteiger partial charge < -0.3 is 14.2 Å². The largest absolute Gasteiger partial charge is 0.456 e. The van der Waals surface area contributed by atoms with Crippen LogP contribution >= 0.6 is 0 Å². The van der Waals surface area contributed by atoms with E-state index >= 15 is 0 Å². The highest BCUT2D eigenvalue weighted by Gasteiger charge is 2.47. The lowest BCUT2D eigenvalue weighted by Crippen LogP contribution is -2.51. The Labute approximate surface area is 154 Å². The summed E-state index contributed by atoms with van der Waals surface area (Å²) in [5.41, 5.74) is 0. The van der Waals surface area contributed by atoms with Gasteiger partial charge in [-0.2, -0.15) is 0 Å². The summed E-state index contributed by atoms with van der Waals surface area (Å²) in [5.74, 6) is 1.84. The lowest BCUT2D eigenvalue weighted by Gasteiger charge is -2.34. The van der Waals surface area contributed by atoms with Crippen molar-refractivity contribution >= 4 is 11.8 Å². The fraction of sp³-hybridized carbons (Fsp3) is 0.700. The van der Waals surface area contributed by atoms with Gasteiger partial charge in [0, 0.05) is 31.7 Å². The number of piperidine rings is 1. The molecule has 2 bridgehead atoms. The van der Waals surface area contributed by atoms with E-state index in [1.54, 1.807) is 6.07 Å². The van der Waals surface area contributed by atoms with E-state index in [1.165, 1.54) is 12.8 Å². The van der Waals surface area contributed by atoms with E-state index in [9.17, 15) is 9.59 Å². The van der Waals surface area contributed by atoms with Crippen LogP contribution in [-0.2, 0) is 4.79 Å². The summed E-state index contributed by atoms with van der Waals surface area (Å²) in [4.78, 5) is 32.4. The van der Waals surface area contributed by atoms with Crippen LogP contribution in [0.1, 0.15) is 48.4 Å². The van der Waals surface area contributed by atoms with Crippen LogP contribution in [0.4, 0.5) is 0 Å². The molecule has 4 heterocycles. The third-order valence-corrected chi connectivity index (χ3v) is 6.53. The van der Waals surface area contributed by atoms with Crippen molar-refractivity contribution in [3.8, 4) is 0 Å². The van der Waals surface area contributed by atoms with E-state index in [4.69, 9.17) is 4.42 Å². The standard InChI is InChI=1S/C20H27N3O3/c1-13-4-7-18(26-13)20(25)21-10-14-9-16(12-21)23(11-14)19(24)17-3-2-8-22(17)15-5-6-15/h4,7,14-17H,2-3,5-6,8-12H2,1H3. The van der Waals surface area contributed by atoms with Gasteiger partial charge in [-0.25, -0.2) is 0 Å².